The largest absolute Gasteiger partial charge is 0.450 e. The predicted octanol–water partition coefficient (Wildman–Crippen LogP) is 3.02. The number of nitrogens with zero attached hydrogens (tertiary/aromatic N) is 2. The molecule has 0 amide bonds. The zero-order valence-corrected chi connectivity index (χ0v) is 15.9. The highest BCUT2D eigenvalue weighted by molar-refractivity contribution is 7.89. The van der Waals surface area contributed by atoms with E-state index in [1.807, 2.05) is 19.9 Å². The van der Waals surface area contributed by atoms with Crippen LogP contribution < -0.4 is 4.74 Å². The van der Waals surface area contributed by atoms with E-state index in [0.29, 0.717) is 19.0 Å². The smallest absolute Gasteiger partial charge is 0.312 e. The first kappa shape index (κ1) is 19.3. The maximum Gasteiger partial charge on any atom is 0.312 e. The van der Waals surface area contributed by atoms with Crippen molar-refractivity contribution in [2.24, 2.45) is 0 Å². The highest BCUT2D eigenvalue weighted by Gasteiger charge is 2.29. The maximum atomic E-state index is 12.7. The Balaban J connectivity index is 1.95. The number of nitro benzene ring substituents is 1. The highest BCUT2D eigenvalue weighted by atomic mass is 32.2. The zero-order chi connectivity index (χ0) is 19.6. The van der Waals surface area contributed by atoms with E-state index in [-0.39, 0.29) is 23.7 Å². The molecule has 144 valence electrons. The first-order valence-corrected chi connectivity index (χ1v) is 9.84. The predicted molar refractivity (Wildman–Crippen MR) is 98.7 cm³/mol. The Bertz CT molecular complexity index is 968. The lowest BCUT2D eigenvalue weighted by Gasteiger charge is -2.26. The molecule has 0 unspecified atom stereocenters. The van der Waals surface area contributed by atoms with Crippen LogP contribution in [0.25, 0.3) is 0 Å². The van der Waals surface area contributed by atoms with Gasteiger partial charge in [0, 0.05) is 19.2 Å². The molecule has 9 heteroatoms. The van der Waals surface area contributed by atoms with Crippen LogP contribution in [0.1, 0.15) is 11.1 Å². The van der Waals surface area contributed by atoms with Crippen molar-refractivity contribution in [3.8, 4) is 11.5 Å². The van der Waals surface area contributed by atoms with Crippen molar-refractivity contribution in [1.82, 2.24) is 4.31 Å². The maximum absolute atomic E-state index is 12.7. The summed E-state index contributed by atoms with van der Waals surface area (Å²) >= 11 is 0. The lowest BCUT2D eigenvalue weighted by molar-refractivity contribution is -0.385. The highest BCUT2D eigenvalue weighted by Crippen LogP contribution is 2.34. The van der Waals surface area contributed by atoms with E-state index in [9.17, 15) is 18.5 Å². The molecule has 1 aliphatic rings. The molecule has 1 aliphatic heterocycles. The van der Waals surface area contributed by atoms with Crippen LogP contribution in [0.15, 0.2) is 41.3 Å². The van der Waals surface area contributed by atoms with Gasteiger partial charge in [0.25, 0.3) is 0 Å². The number of rotatable bonds is 5. The minimum atomic E-state index is -3.83. The molecule has 0 atom stereocenters. The van der Waals surface area contributed by atoms with E-state index >= 15 is 0 Å². The molecule has 0 spiro atoms. The van der Waals surface area contributed by atoms with Gasteiger partial charge in [0.05, 0.1) is 23.0 Å². The van der Waals surface area contributed by atoms with Gasteiger partial charge in [-0.3, -0.25) is 10.1 Å². The molecule has 1 saturated heterocycles. The van der Waals surface area contributed by atoms with Crippen LogP contribution in [-0.4, -0.2) is 43.9 Å². The third kappa shape index (κ3) is 4.10. The number of hydrogen-bond donors (Lipinski definition) is 0. The second-order valence-corrected chi connectivity index (χ2v) is 8.19. The van der Waals surface area contributed by atoms with E-state index in [1.54, 1.807) is 12.1 Å². The van der Waals surface area contributed by atoms with Crippen molar-refractivity contribution in [2.75, 3.05) is 26.3 Å². The third-order valence-corrected chi connectivity index (χ3v) is 6.34. The van der Waals surface area contributed by atoms with E-state index in [4.69, 9.17) is 9.47 Å². The normalized spacial score (nSPS) is 15.5. The van der Waals surface area contributed by atoms with Crippen LogP contribution >= 0.6 is 0 Å². The van der Waals surface area contributed by atoms with Crippen LogP contribution in [-0.2, 0) is 14.8 Å². The van der Waals surface area contributed by atoms with Gasteiger partial charge in [0.2, 0.25) is 15.8 Å². The minimum absolute atomic E-state index is 0.0100. The topological polar surface area (TPSA) is 99.0 Å². The number of ether oxygens (including phenoxy) is 2. The van der Waals surface area contributed by atoms with Crippen LogP contribution in [0, 0.1) is 24.0 Å². The minimum Gasteiger partial charge on any atom is -0.450 e. The molecule has 0 radical (unpaired) electrons. The molecule has 2 aromatic rings. The second kappa shape index (κ2) is 7.63. The van der Waals surface area contributed by atoms with Gasteiger partial charge < -0.3 is 9.47 Å². The van der Waals surface area contributed by atoms with Gasteiger partial charge in [-0.25, -0.2) is 8.42 Å². The average Bonchev–Trinajstić information content (AvgIpc) is 2.65. The molecular weight excluding hydrogens is 372 g/mol. The summed E-state index contributed by atoms with van der Waals surface area (Å²) in [6.45, 7) is 4.90. The first-order valence-electron chi connectivity index (χ1n) is 8.40. The van der Waals surface area contributed by atoms with Gasteiger partial charge in [0.1, 0.15) is 5.75 Å². The summed E-state index contributed by atoms with van der Waals surface area (Å²) in [6, 6.07) is 9.03. The van der Waals surface area contributed by atoms with Crippen molar-refractivity contribution in [3.63, 3.8) is 0 Å². The van der Waals surface area contributed by atoms with Gasteiger partial charge >= 0.3 is 5.69 Å². The monoisotopic (exact) mass is 392 g/mol. The Labute approximate surface area is 157 Å². The van der Waals surface area contributed by atoms with Crippen molar-refractivity contribution < 1.29 is 22.8 Å². The molecule has 27 heavy (non-hydrogen) atoms. The van der Waals surface area contributed by atoms with Crippen LogP contribution in [0.3, 0.4) is 0 Å². The van der Waals surface area contributed by atoms with Gasteiger partial charge in [-0.15, -0.1) is 0 Å². The average molecular weight is 392 g/mol. The third-order valence-electron chi connectivity index (χ3n) is 4.44. The summed E-state index contributed by atoms with van der Waals surface area (Å²) in [5.41, 5.74) is 1.66. The second-order valence-electron chi connectivity index (χ2n) is 6.25. The fourth-order valence-corrected chi connectivity index (χ4v) is 4.16. The number of aryl methyl sites for hydroxylation is 2. The summed E-state index contributed by atoms with van der Waals surface area (Å²) in [5.74, 6) is 0.439. The zero-order valence-electron chi connectivity index (χ0n) is 15.0. The Hall–Kier alpha value is -2.49. The molecule has 0 saturated carbocycles. The molecule has 1 heterocycles. The Kier molecular flexibility index (Phi) is 5.45. The molecule has 1 fully saturated rings. The van der Waals surface area contributed by atoms with Gasteiger partial charge in [0.15, 0.2) is 0 Å². The molecule has 0 bridgehead atoms. The summed E-state index contributed by atoms with van der Waals surface area (Å²) in [6.07, 6.45) is 0. The van der Waals surface area contributed by atoms with Crippen molar-refractivity contribution in [3.05, 3.63) is 57.6 Å². The van der Waals surface area contributed by atoms with Crippen molar-refractivity contribution in [2.45, 2.75) is 18.7 Å². The first-order chi connectivity index (χ1) is 12.8. The summed E-state index contributed by atoms with van der Waals surface area (Å²) in [7, 11) is -3.83. The fraction of sp³-hybridized carbons (Fsp3) is 0.333. The van der Waals surface area contributed by atoms with Gasteiger partial charge in [-0.1, -0.05) is 6.07 Å². The van der Waals surface area contributed by atoms with E-state index in [0.717, 1.165) is 17.2 Å². The molecule has 0 aromatic heterocycles. The lowest BCUT2D eigenvalue weighted by Crippen LogP contribution is -2.40. The standard InChI is InChI=1S/C18H20N2O6S/c1-13-3-4-15(11-14(13)2)26-18-6-5-16(12-17(18)20(21)22)27(23,24)19-7-9-25-10-8-19/h3-6,11-12H,7-10H2,1-2H3. The molecule has 2 aromatic carbocycles. The van der Waals surface area contributed by atoms with Crippen LogP contribution in [0.5, 0.6) is 11.5 Å². The van der Waals surface area contributed by atoms with E-state index in [1.165, 1.54) is 16.4 Å². The fourth-order valence-electron chi connectivity index (χ4n) is 2.73. The molecule has 3 rings (SSSR count). The lowest BCUT2D eigenvalue weighted by atomic mass is 10.1. The number of sulfonamides is 1. The molecule has 0 aliphatic carbocycles. The van der Waals surface area contributed by atoms with Gasteiger partial charge in [-0.05, 0) is 49.2 Å². The van der Waals surface area contributed by atoms with E-state index in [2.05, 4.69) is 0 Å². The molecule has 8 nitrogen and oxygen atoms in total. The number of benzene rings is 2. The van der Waals surface area contributed by atoms with E-state index < -0.39 is 20.6 Å². The number of morpholine rings is 1. The van der Waals surface area contributed by atoms with Crippen LogP contribution in [0.2, 0.25) is 0 Å². The van der Waals surface area contributed by atoms with Gasteiger partial charge in [-0.2, -0.15) is 4.31 Å². The SMILES string of the molecule is Cc1ccc(Oc2ccc(S(=O)(=O)N3CCOCC3)cc2[N+](=O)[O-])cc1C. The number of nitro groups is 1. The summed E-state index contributed by atoms with van der Waals surface area (Å²) in [5, 5.41) is 11.5. The van der Waals surface area contributed by atoms with Crippen molar-refractivity contribution in [1.29, 1.82) is 0 Å². The molecule has 0 N–H and O–H groups in total. The summed E-state index contributed by atoms with van der Waals surface area (Å²) < 4.78 is 37.5. The Morgan fingerprint density at radius 1 is 1.07 bits per heavy atom. The van der Waals surface area contributed by atoms with Crippen molar-refractivity contribution >= 4 is 15.7 Å². The quantitative estimate of drug-likeness (QED) is 0.573. The molecular formula is C18H20N2O6S. The number of hydrogen-bond acceptors (Lipinski definition) is 6. The van der Waals surface area contributed by atoms with Crippen LogP contribution in [0.4, 0.5) is 5.69 Å². The Morgan fingerprint density at radius 3 is 2.41 bits per heavy atom. The Morgan fingerprint density at radius 2 is 1.78 bits per heavy atom. The summed E-state index contributed by atoms with van der Waals surface area (Å²) in [4.78, 5) is 10.7.